The summed E-state index contributed by atoms with van der Waals surface area (Å²) >= 11 is 0. The van der Waals surface area contributed by atoms with Crippen molar-refractivity contribution in [2.45, 2.75) is 61.4 Å². The van der Waals surface area contributed by atoms with Crippen LogP contribution in [0.3, 0.4) is 0 Å². The number of phenols is 5. The molecule has 12 N–H and O–H groups in total. The van der Waals surface area contributed by atoms with E-state index in [1.54, 1.807) is 0 Å². The number of rotatable bonds is 10. The molecule has 20 nitrogen and oxygen atoms in total. The normalized spacial score (nSPS) is 28.0. The minimum absolute atomic E-state index is 0.120. The Hall–Kier alpha value is -5.68. The van der Waals surface area contributed by atoms with E-state index in [0.717, 1.165) is 36.4 Å². The number of fused-ring (bicyclic) bond motifs is 1. The summed E-state index contributed by atoms with van der Waals surface area (Å²) in [5.41, 5.74) is -0.711. The molecule has 0 saturated carbocycles. The number of phenolic OH excluding ortho intramolecular Hbond substituents is 5. The molecule has 2 fully saturated rings. The lowest BCUT2D eigenvalue weighted by molar-refractivity contribution is -0.278. The van der Waals surface area contributed by atoms with Gasteiger partial charge >= 0.3 is 5.97 Å². The molecule has 0 unspecified atom stereocenters. The van der Waals surface area contributed by atoms with Gasteiger partial charge in [-0.15, -0.1) is 0 Å². The Labute approximate surface area is 314 Å². The first-order valence-electron chi connectivity index (χ1n) is 16.6. The number of carbonyl (C=O) groups excluding carboxylic acids is 1. The van der Waals surface area contributed by atoms with E-state index in [2.05, 4.69) is 0 Å². The third-order valence-corrected chi connectivity index (χ3v) is 8.93. The molecule has 20 heteroatoms. The van der Waals surface area contributed by atoms with Gasteiger partial charge < -0.3 is 89.4 Å². The summed E-state index contributed by atoms with van der Waals surface area (Å²) < 4.78 is 33.8. The van der Waals surface area contributed by atoms with Gasteiger partial charge in [-0.25, -0.2) is 4.79 Å². The van der Waals surface area contributed by atoms with Crippen molar-refractivity contribution in [2.24, 2.45) is 0 Å². The first-order valence-corrected chi connectivity index (χ1v) is 16.6. The standard InChI is InChI=1S/C36H36O20/c37-11-24-28(45)30(47)32(49)36(55-24)54-23-10-16-21(52-34(23)14-6-19(41)27(44)20(42)7-14)8-15(38)9-22(16)53-35-33(50)31(48)29(46)25(56-35)12-51-26(43)4-2-13-1-3-17(39)18(40)5-13/h1-10,24-25,28-33,35-37,39-42,44-50H,11-12H2/b4-2+/t24-,25-,28-,29-,30+,31+,32-,33-,35-,36+/m1/s1. The Bertz CT molecular complexity index is 2090. The summed E-state index contributed by atoms with van der Waals surface area (Å²) in [5.74, 6) is -5.70. The van der Waals surface area contributed by atoms with E-state index in [4.69, 9.17) is 28.1 Å². The first-order chi connectivity index (χ1) is 26.6. The van der Waals surface area contributed by atoms with Crippen LogP contribution >= 0.6 is 0 Å². The Balaban J connectivity index is 1.31. The second kappa shape index (κ2) is 16.2. The van der Waals surface area contributed by atoms with Gasteiger partial charge in [0.2, 0.25) is 12.6 Å². The molecule has 0 bridgehead atoms. The summed E-state index contributed by atoms with van der Waals surface area (Å²) in [6.07, 6.45) is -15.6. The molecule has 1 aliphatic carbocycles. The van der Waals surface area contributed by atoms with E-state index in [9.17, 15) is 70.9 Å². The van der Waals surface area contributed by atoms with E-state index >= 15 is 0 Å². The van der Waals surface area contributed by atoms with Gasteiger partial charge in [0, 0.05) is 23.8 Å². The van der Waals surface area contributed by atoms with Crippen LogP contribution in [0, 0.1) is 0 Å². The van der Waals surface area contributed by atoms with Crippen molar-refractivity contribution in [1.29, 1.82) is 0 Å². The summed E-state index contributed by atoms with van der Waals surface area (Å²) in [6.45, 7) is -1.49. The van der Waals surface area contributed by atoms with Crippen molar-refractivity contribution >= 4 is 12.0 Å². The molecule has 3 heterocycles. The predicted molar refractivity (Wildman–Crippen MR) is 183 cm³/mol. The molecule has 300 valence electrons. The van der Waals surface area contributed by atoms with Crippen LogP contribution in [0.25, 0.3) is 28.7 Å². The lowest BCUT2D eigenvalue weighted by Gasteiger charge is -2.40. The van der Waals surface area contributed by atoms with Gasteiger partial charge in [-0.3, -0.25) is 4.79 Å². The number of benzene rings is 3. The van der Waals surface area contributed by atoms with Gasteiger partial charge in [0.15, 0.2) is 45.7 Å². The number of aromatic hydroxyl groups is 5. The van der Waals surface area contributed by atoms with Crippen molar-refractivity contribution < 1.29 is 94.2 Å². The second-order valence-electron chi connectivity index (χ2n) is 12.8. The fraction of sp³-hybridized carbons (Fsp3) is 0.333. The van der Waals surface area contributed by atoms with Gasteiger partial charge in [-0.2, -0.15) is 0 Å². The van der Waals surface area contributed by atoms with Crippen LogP contribution in [0.1, 0.15) is 5.56 Å². The smallest absolute Gasteiger partial charge is 0.330 e. The highest BCUT2D eigenvalue weighted by Gasteiger charge is 2.47. The predicted octanol–water partition coefficient (Wildman–Crippen LogP) is -1.44. The quantitative estimate of drug-likeness (QED) is 0.0497. The zero-order chi connectivity index (χ0) is 40.6. The molecule has 56 heavy (non-hydrogen) atoms. The number of hydrogen-bond acceptors (Lipinski definition) is 20. The van der Waals surface area contributed by atoms with Crippen LogP contribution in [-0.4, -0.2) is 142 Å². The Morgan fingerprint density at radius 1 is 0.679 bits per heavy atom. The highest BCUT2D eigenvalue weighted by molar-refractivity contribution is 5.87. The Kier molecular flexibility index (Phi) is 11.6. The fourth-order valence-electron chi connectivity index (χ4n) is 5.87. The molecular weight excluding hydrogens is 752 g/mol. The average molecular weight is 789 g/mol. The summed E-state index contributed by atoms with van der Waals surface area (Å²) in [4.78, 5) is 25.3. The lowest BCUT2D eigenvalue weighted by Crippen LogP contribution is -2.60. The molecular formula is C36H36O20. The molecule has 2 aromatic carbocycles. The van der Waals surface area contributed by atoms with E-state index in [-0.39, 0.29) is 34.1 Å². The van der Waals surface area contributed by atoms with Crippen molar-refractivity contribution in [1.82, 2.24) is 0 Å². The average Bonchev–Trinajstić information content (AvgIpc) is 3.16. The Morgan fingerprint density at radius 2 is 1.29 bits per heavy atom. The van der Waals surface area contributed by atoms with Gasteiger partial charge in [-0.1, -0.05) is 6.07 Å². The van der Waals surface area contributed by atoms with Crippen LogP contribution in [0.5, 0.6) is 40.2 Å². The molecule has 2 saturated heterocycles. The summed E-state index contributed by atoms with van der Waals surface area (Å²) in [6, 6.07) is 8.70. The fourth-order valence-corrected chi connectivity index (χ4v) is 5.87. The van der Waals surface area contributed by atoms with E-state index < -0.39 is 115 Å². The maximum atomic E-state index is 12.9. The molecule has 0 aromatic heterocycles. The lowest BCUT2D eigenvalue weighted by atomic mass is 9.99. The number of hydrogen-bond donors (Lipinski definition) is 12. The largest absolute Gasteiger partial charge is 0.504 e. The molecule has 6 rings (SSSR count). The molecule has 4 aliphatic rings. The third-order valence-electron chi connectivity index (χ3n) is 8.93. The van der Waals surface area contributed by atoms with Crippen molar-refractivity contribution in [3.05, 3.63) is 70.4 Å². The number of ether oxygens (including phenoxy) is 5. The molecule has 2 aromatic rings. The third kappa shape index (κ3) is 8.14. The minimum atomic E-state index is -1.96. The molecule has 0 amide bonds. The monoisotopic (exact) mass is 788 g/mol. The molecule has 3 aliphatic heterocycles. The SMILES string of the molecule is O=C(/C=C/c1ccc(O)c(O)c1)OC[C@H]1O[C@@H](Oc2cc(=O)cc3oc(-c4cc(O)c(O)c(O)c4)c(O[C@H]4O[C@H](CO)[C@@H](O)[C@H](O)[C@H]4O)cc2-3)[C@H](O)[C@@H](O)[C@@H]1O. The maximum Gasteiger partial charge on any atom is 0.330 e. The second-order valence-corrected chi connectivity index (χ2v) is 12.8. The highest BCUT2D eigenvalue weighted by atomic mass is 16.7. The van der Waals surface area contributed by atoms with Crippen LogP contribution in [0.4, 0.5) is 0 Å². The highest BCUT2D eigenvalue weighted by Crippen LogP contribution is 2.46. The number of aliphatic hydroxyl groups excluding tert-OH is 7. The molecule has 10 atom stereocenters. The van der Waals surface area contributed by atoms with E-state index in [0.29, 0.717) is 5.56 Å². The molecule has 0 radical (unpaired) electrons. The van der Waals surface area contributed by atoms with Gasteiger partial charge in [0.05, 0.1) is 12.2 Å². The summed E-state index contributed by atoms with van der Waals surface area (Å²) in [7, 11) is 0. The van der Waals surface area contributed by atoms with Crippen molar-refractivity contribution in [3.63, 3.8) is 0 Å². The maximum absolute atomic E-state index is 12.9. The van der Waals surface area contributed by atoms with Gasteiger partial charge in [0.25, 0.3) is 0 Å². The zero-order valence-corrected chi connectivity index (χ0v) is 28.6. The van der Waals surface area contributed by atoms with Gasteiger partial charge in [-0.05, 0) is 42.0 Å². The topological polar surface area (TPSA) is 336 Å². The summed E-state index contributed by atoms with van der Waals surface area (Å²) in [5, 5.41) is 122. The van der Waals surface area contributed by atoms with E-state index in [1.807, 2.05) is 0 Å². The number of esters is 1. The Morgan fingerprint density at radius 3 is 1.91 bits per heavy atom. The van der Waals surface area contributed by atoms with Crippen molar-refractivity contribution in [3.8, 4) is 62.9 Å². The molecule has 0 spiro atoms. The van der Waals surface area contributed by atoms with Gasteiger partial charge in [0.1, 0.15) is 66.9 Å². The zero-order valence-electron chi connectivity index (χ0n) is 28.6. The van der Waals surface area contributed by atoms with Crippen LogP contribution in [-0.2, 0) is 19.0 Å². The van der Waals surface area contributed by atoms with Crippen molar-refractivity contribution in [2.75, 3.05) is 13.2 Å². The van der Waals surface area contributed by atoms with Crippen LogP contribution in [0.15, 0.2) is 63.8 Å². The first kappa shape index (κ1) is 40.0. The van der Waals surface area contributed by atoms with Crippen LogP contribution in [0.2, 0.25) is 0 Å². The van der Waals surface area contributed by atoms with E-state index in [1.165, 1.54) is 24.3 Å². The minimum Gasteiger partial charge on any atom is -0.504 e. The number of carbonyl (C=O) groups is 1. The van der Waals surface area contributed by atoms with Crippen LogP contribution < -0.4 is 14.9 Å². The number of aliphatic hydroxyl groups is 7.